The Morgan fingerprint density at radius 2 is 1.64 bits per heavy atom. The SMILES string of the molecule is CC(C)[C@@H]([NH2+]CC(=O)NNC(=O)c1ccccc1Br)c1ccccc1. The molecule has 0 bridgehead atoms. The average Bonchev–Trinajstić information content (AvgIpc) is 2.61. The third kappa shape index (κ3) is 5.69. The van der Waals surface area contributed by atoms with Gasteiger partial charge in [0.05, 0.1) is 5.56 Å². The van der Waals surface area contributed by atoms with Gasteiger partial charge >= 0.3 is 0 Å². The van der Waals surface area contributed by atoms with Crippen LogP contribution < -0.4 is 16.2 Å². The summed E-state index contributed by atoms with van der Waals surface area (Å²) in [5, 5.41) is 1.99. The quantitative estimate of drug-likeness (QED) is 0.645. The van der Waals surface area contributed by atoms with E-state index in [1.54, 1.807) is 18.2 Å². The van der Waals surface area contributed by atoms with Crippen LogP contribution in [0, 0.1) is 5.92 Å². The van der Waals surface area contributed by atoms with Gasteiger partial charge in [0.25, 0.3) is 11.8 Å². The largest absolute Gasteiger partial charge is 0.332 e. The summed E-state index contributed by atoms with van der Waals surface area (Å²) >= 11 is 3.32. The smallest absolute Gasteiger partial charge is 0.293 e. The van der Waals surface area contributed by atoms with E-state index in [-0.39, 0.29) is 24.4 Å². The Balaban J connectivity index is 1.85. The number of quaternary nitrogens is 1. The van der Waals surface area contributed by atoms with Crippen LogP contribution in [0.4, 0.5) is 0 Å². The molecular formula is C19H23BrN3O2+. The predicted molar refractivity (Wildman–Crippen MR) is 101 cm³/mol. The molecule has 0 aliphatic rings. The molecule has 0 unspecified atom stereocenters. The van der Waals surface area contributed by atoms with E-state index in [1.165, 1.54) is 5.56 Å². The van der Waals surface area contributed by atoms with Crippen LogP contribution in [-0.4, -0.2) is 18.4 Å². The Bertz CT molecular complexity index is 720. The maximum absolute atomic E-state index is 12.1. The average molecular weight is 405 g/mol. The number of nitrogens with one attached hydrogen (secondary N) is 2. The number of rotatable bonds is 6. The van der Waals surface area contributed by atoms with Crippen molar-refractivity contribution in [2.75, 3.05) is 6.54 Å². The molecule has 0 heterocycles. The van der Waals surface area contributed by atoms with E-state index in [9.17, 15) is 9.59 Å². The van der Waals surface area contributed by atoms with E-state index in [1.807, 2.05) is 29.6 Å². The van der Waals surface area contributed by atoms with Gasteiger partial charge in [-0.15, -0.1) is 0 Å². The summed E-state index contributed by atoms with van der Waals surface area (Å²) in [6.07, 6.45) is 0. The number of carbonyl (C=O) groups excluding carboxylic acids is 2. The minimum atomic E-state index is -0.357. The Labute approximate surface area is 156 Å². The molecule has 0 radical (unpaired) electrons. The Morgan fingerprint density at radius 3 is 2.28 bits per heavy atom. The van der Waals surface area contributed by atoms with Crippen molar-refractivity contribution < 1.29 is 14.9 Å². The molecule has 4 N–H and O–H groups in total. The minimum Gasteiger partial charge on any atom is -0.332 e. The highest BCUT2D eigenvalue weighted by Crippen LogP contribution is 2.17. The molecule has 6 heteroatoms. The highest BCUT2D eigenvalue weighted by molar-refractivity contribution is 9.10. The molecule has 2 amide bonds. The minimum absolute atomic E-state index is 0.186. The Hall–Kier alpha value is -2.18. The zero-order valence-electron chi connectivity index (χ0n) is 14.3. The molecule has 0 aliphatic heterocycles. The molecule has 0 saturated heterocycles. The summed E-state index contributed by atoms with van der Waals surface area (Å²) in [5.74, 6) is -0.226. The molecule has 0 aliphatic carbocycles. The van der Waals surface area contributed by atoms with Crippen molar-refractivity contribution in [2.24, 2.45) is 5.92 Å². The standard InChI is InChI=1S/C19H22BrN3O2/c1-13(2)18(14-8-4-3-5-9-14)21-12-17(24)22-23-19(25)15-10-6-7-11-16(15)20/h3-11,13,18,21H,12H2,1-2H3,(H,22,24)(H,23,25)/p+1/t18-/m1/s1. The number of hydrazine groups is 1. The molecule has 0 fully saturated rings. The molecule has 0 saturated carbocycles. The molecule has 1 atom stereocenters. The molecule has 0 spiro atoms. The van der Waals surface area contributed by atoms with Gasteiger partial charge in [0, 0.05) is 16.0 Å². The summed E-state index contributed by atoms with van der Waals surface area (Å²) in [4.78, 5) is 24.1. The van der Waals surface area contributed by atoms with Crippen molar-refractivity contribution in [1.29, 1.82) is 0 Å². The maximum atomic E-state index is 12.1. The van der Waals surface area contributed by atoms with Gasteiger partial charge in [-0.05, 0) is 28.1 Å². The molecular weight excluding hydrogens is 382 g/mol. The van der Waals surface area contributed by atoms with Crippen molar-refractivity contribution in [1.82, 2.24) is 10.9 Å². The summed E-state index contributed by atoms with van der Waals surface area (Å²) in [6.45, 7) is 4.48. The van der Waals surface area contributed by atoms with Crippen molar-refractivity contribution in [3.05, 3.63) is 70.2 Å². The fourth-order valence-electron chi connectivity index (χ4n) is 2.59. The number of hydrogen-bond acceptors (Lipinski definition) is 2. The van der Waals surface area contributed by atoms with Crippen LogP contribution in [-0.2, 0) is 4.79 Å². The van der Waals surface area contributed by atoms with E-state index in [0.717, 1.165) is 0 Å². The summed E-state index contributed by atoms with van der Waals surface area (Å²) in [6, 6.07) is 17.3. The molecule has 2 aromatic carbocycles. The first-order chi connectivity index (χ1) is 12.0. The van der Waals surface area contributed by atoms with Crippen molar-refractivity contribution in [3.8, 4) is 0 Å². The van der Waals surface area contributed by atoms with Gasteiger partial charge in [0.2, 0.25) is 0 Å². The maximum Gasteiger partial charge on any atom is 0.293 e. The lowest BCUT2D eigenvalue weighted by Crippen LogP contribution is -2.88. The third-order valence-corrected chi connectivity index (χ3v) is 4.59. The first-order valence-electron chi connectivity index (χ1n) is 8.21. The van der Waals surface area contributed by atoms with Crippen molar-refractivity contribution in [3.63, 3.8) is 0 Å². The fraction of sp³-hybridized carbons (Fsp3) is 0.263. The molecule has 0 aromatic heterocycles. The topological polar surface area (TPSA) is 74.8 Å². The summed E-state index contributed by atoms with van der Waals surface area (Å²) in [7, 11) is 0. The van der Waals surface area contributed by atoms with Crippen LogP contribution in [0.1, 0.15) is 35.8 Å². The number of amides is 2. The van der Waals surface area contributed by atoms with E-state index in [0.29, 0.717) is 16.0 Å². The second kappa shape index (κ2) is 9.34. The molecule has 25 heavy (non-hydrogen) atoms. The number of carbonyl (C=O) groups is 2. The zero-order valence-corrected chi connectivity index (χ0v) is 15.9. The number of halogens is 1. The van der Waals surface area contributed by atoms with Crippen LogP contribution in [0.5, 0.6) is 0 Å². The number of nitrogens with two attached hydrogens (primary N) is 1. The van der Waals surface area contributed by atoms with Crippen LogP contribution in [0.15, 0.2) is 59.1 Å². The lowest BCUT2D eigenvalue weighted by molar-refractivity contribution is -0.692. The first kappa shape index (κ1) is 19.1. The van der Waals surface area contributed by atoms with E-state index >= 15 is 0 Å². The van der Waals surface area contributed by atoms with Gasteiger partial charge in [0.1, 0.15) is 6.04 Å². The van der Waals surface area contributed by atoms with Gasteiger partial charge in [-0.3, -0.25) is 20.4 Å². The van der Waals surface area contributed by atoms with Gasteiger partial charge in [-0.1, -0.05) is 56.3 Å². The molecule has 2 aromatic rings. The lowest BCUT2D eigenvalue weighted by Gasteiger charge is -2.19. The normalized spacial score (nSPS) is 11.8. The Morgan fingerprint density at radius 1 is 1.00 bits per heavy atom. The van der Waals surface area contributed by atoms with Crippen LogP contribution >= 0.6 is 15.9 Å². The van der Waals surface area contributed by atoms with E-state index in [4.69, 9.17) is 0 Å². The van der Waals surface area contributed by atoms with E-state index in [2.05, 4.69) is 52.8 Å². The van der Waals surface area contributed by atoms with Crippen LogP contribution in [0.25, 0.3) is 0 Å². The summed E-state index contributed by atoms with van der Waals surface area (Å²) < 4.78 is 0.678. The van der Waals surface area contributed by atoms with Crippen molar-refractivity contribution >= 4 is 27.7 Å². The second-order valence-electron chi connectivity index (χ2n) is 6.10. The van der Waals surface area contributed by atoms with Gasteiger partial charge in [0.15, 0.2) is 6.54 Å². The molecule has 2 rings (SSSR count). The van der Waals surface area contributed by atoms with Gasteiger partial charge in [-0.2, -0.15) is 0 Å². The number of hydrogen-bond donors (Lipinski definition) is 3. The molecule has 132 valence electrons. The molecule has 5 nitrogen and oxygen atoms in total. The van der Waals surface area contributed by atoms with E-state index < -0.39 is 0 Å². The van der Waals surface area contributed by atoms with Gasteiger partial charge < -0.3 is 5.32 Å². The van der Waals surface area contributed by atoms with Gasteiger partial charge in [-0.25, -0.2) is 0 Å². The fourth-order valence-corrected chi connectivity index (χ4v) is 3.06. The highest BCUT2D eigenvalue weighted by Gasteiger charge is 2.20. The van der Waals surface area contributed by atoms with Crippen LogP contribution in [0.2, 0.25) is 0 Å². The number of benzene rings is 2. The Kier molecular flexibility index (Phi) is 7.16. The highest BCUT2D eigenvalue weighted by atomic mass is 79.9. The zero-order chi connectivity index (χ0) is 18.2. The monoisotopic (exact) mass is 404 g/mol. The van der Waals surface area contributed by atoms with Crippen molar-refractivity contribution in [2.45, 2.75) is 19.9 Å². The first-order valence-corrected chi connectivity index (χ1v) is 9.00. The predicted octanol–water partition coefficient (Wildman–Crippen LogP) is 2.17. The lowest BCUT2D eigenvalue weighted by atomic mass is 9.96. The summed E-state index contributed by atoms with van der Waals surface area (Å²) in [5.41, 5.74) is 6.56. The second-order valence-corrected chi connectivity index (χ2v) is 6.96. The van der Waals surface area contributed by atoms with Crippen LogP contribution in [0.3, 0.4) is 0 Å². The third-order valence-electron chi connectivity index (χ3n) is 3.89.